The molecule has 3 aromatic rings. The van der Waals surface area contributed by atoms with Crippen LogP contribution in [0, 0.1) is 0 Å². The van der Waals surface area contributed by atoms with Crippen molar-refractivity contribution in [2.24, 2.45) is 0 Å². The van der Waals surface area contributed by atoms with E-state index in [9.17, 15) is 9.59 Å². The van der Waals surface area contributed by atoms with Gasteiger partial charge in [0.1, 0.15) is 5.75 Å². The van der Waals surface area contributed by atoms with Crippen molar-refractivity contribution in [2.45, 2.75) is 31.7 Å². The highest BCUT2D eigenvalue weighted by molar-refractivity contribution is 6.04. The van der Waals surface area contributed by atoms with E-state index in [0.717, 1.165) is 5.56 Å². The van der Waals surface area contributed by atoms with Crippen LogP contribution in [0.25, 0.3) is 0 Å². The lowest BCUT2D eigenvalue weighted by atomic mass is 9.79. The number of hydrogen-bond acceptors (Lipinski definition) is 5. The van der Waals surface area contributed by atoms with Gasteiger partial charge >= 0.3 is 0 Å². The van der Waals surface area contributed by atoms with Crippen LogP contribution in [0.4, 0.5) is 5.69 Å². The highest BCUT2D eigenvalue weighted by Gasteiger charge is 2.43. The van der Waals surface area contributed by atoms with Gasteiger partial charge in [-0.05, 0) is 59.0 Å². The first kappa shape index (κ1) is 25.1. The number of benzene rings is 3. The van der Waals surface area contributed by atoms with E-state index in [1.165, 1.54) is 19.8 Å². The summed E-state index contributed by atoms with van der Waals surface area (Å²) in [5, 5.41) is 3.07. The number of carbonyl (C=O) groups is 2. The summed E-state index contributed by atoms with van der Waals surface area (Å²) in [6, 6.07) is 18.1. The summed E-state index contributed by atoms with van der Waals surface area (Å²) < 4.78 is 16.3. The second kappa shape index (κ2) is 10.3. The van der Waals surface area contributed by atoms with Gasteiger partial charge in [-0.3, -0.25) is 9.59 Å². The number of carbonyl (C=O) groups excluding carboxylic acids is 2. The van der Waals surface area contributed by atoms with Crippen LogP contribution in [0.1, 0.15) is 58.8 Å². The highest BCUT2D eigenvalue weighted by Crippen LogP contribution is 2.46. The van der Waals surface area contributed by atoms with Crippen LogP contribution < -0.4 is 19.5 Å². The number of hydrogen-bond donors (Lipinski definition) is 1. The van der Waals surface area contributed by atoms with Crippen molar-refractivity contribution in [3.05, 3.63) is 82.9 Å². The molecule has 0 bridgehead atoms. The molecule has 7 heteroatoms. The van der Waals surface area contributed by atoms with E-state index in [2.05, 4.69) is 19.2 Å². The fourth-order valence-electron chi connectivity index (χ4n) is 4.72. The van der Waals surface area contributed by atoms with E-state index in [1.54, 1.807) is 31.2 Å². The number of rotatable bonds is 7. The number of nitrogens with zero attached hydrogens (tertiary/aromatic N) is 1. The maximum Gasteiger partial charge on any atom is 0.254 e. The molecule has 188 valence electrons. The Morgan fingerprint density at radius 2 is 1.50 bits per heavy atom. The lowest BCUT2D eigenvalue weighted by Gasteiger charge is -2.40. The van der Waals surface area contributed by atoms with Crippen molar-refractivity contribution in [3.63, 3.8) is 0 Å². The van der Waals surface area contributed by atoms with Gasteiger partial charge in [0.05, 0.1) is 33.3 Å². The molecule has 0 spiro atoms. The van der Waals surface area contributed by atoms with Gasteiger partial charge < -0.3 is 24.4 Å². The van der Waals surface area contributed by atoms with Crippen LogP contribution >= 0.6 is 0 Å². The molecule has 1 N–H and O–H groups in total. The summed E-state index contributed by atoms with van der Waals surface area (Å²) in [6.07, 6.45) is 0. The van der Waals surface area contributed by atoms with Crippen molar-refractivity contribution in [3.8, 4) is 17.2 Å². The summed E-state index contributed by atoms with van der Waals surface area (Å²) >= 11 is 0. The summed E-state index contributed by atoms with van der Waals surface area (Å²) in [7, 11) is 6.37. The third-order valence-electron chi connectivity index (χ3n) is 6.76. The van der Waals surface area contributed by atoms with Gasteiger partial charge in [-0.1, -0.05) is 38.1 Å². The van der Waals surface area contributed by atoms with Gasteiger partial charge in [0.25, 0.3) is 5.91 Å². The first-order chi connectivity index (χ1) is 17.3. The lowest BCUT2D eigenvalue weighted by molar-refractivity contribution is -0.119. The maximum absolute atomic E-state index is 13.9. The molecule has 2 atom stereocenters. The Kier molecular flexibility index (Phi) is 7.20. The number of methoxy groups -OCH3 is 3. The SMILES string of the molecule is COc1ccc([C@@H]2[C@@H](C(=O)Nc3ccc(C(C)C)cc3)c3cc(OC)c(OC)cc3C(=O)N2C)cc1. The van der Waals surface area contributed by atoms with Crippen LogP contribution in [0.15, 0.2) is 60.7 Å². The van der Waals surface area contributed by atoms with E-state index in [1.807, 2.05) is 48.5 Å². The lowest BCUT2D eigenvalue weighted by Crippen LogP contribution is -2.44. The summed E-state index contributed by atoms with van der Waals surface area (Å²) in [5.74, 6) is 0.868. The minimum atomic E-state index is -0.694. The second-order valence-electron chi connectivity index (χ2n) is 9.17. The first-order valence-corrected chi connectivity index (χ1v) is 11.9. The molecule has 1 aliphatic heterocycles. The van der Waals surface area contributed by atoms with Crippen LogP contribution in [-0.2, 0) is 4.79 Å². The summed E-state index contributed by atoms with van der Waals surface area (Å²) in [6.45, 7) is 4.25. The summed E-state index contributed by atoms with van der Waals surface area (Å²) in [5.41, 5.74) is 3.71. The average Bonchev–Trinajstić information content (AvgIpc) is 2.90. The van der Waals surface area contributed by atoms with Crippen molar-refractivity contribution in [1.29, 1.82) is 0 Å². The Morgan fingerprint density at radius 3 is 2.06 bits per heavy atom. The Balaban J connectivity index is 1.82. The number of nitrogens with one attached hydrogen (secondary N) is 1. The Bertz CT molecular complexity index is 1250. The molecule has 0 saturated heterocycles. The minimum absolute atomic E-state index is 0.197. The Hall–Kier alpha value is -4.00. The first-order valence-electron chi connectivity index (χ1n) is 11.9. The van der Waals surface area contributed by atoms with Crippen molar-refractivity contribution in [2.75, 3.05) is 33.7 Å². The molecule has 0 aliphatic carbocycles. The molecule has 36 heavy (non-hydrogen) atoms. The highest BCUT2D eigenvalue weighted by atomic mass is 16.5. The van der Waals surface area contributed by atoms with Crippen LogP contribution in [0.3, 0.4) is 0 Å². The molecular weight excluding hydrogens is 456 g/mol. The molecule has 1 heterocycles. The number of amides is 2. The standard InChI is InChI=1S/C29H32N2O5/c1-17(2)18-7-11-20(12-8-18)30-28(32)26-22-15-24(35-5)25(36-6)16-23(22)29(33)31(3)27(26)19-9-13-21(34-4)14-10-19/h7-17,26-27H,1-6H3,(H,30,32)/t26-,27+/m0/s1. The van der Waals surface area contributed by atoms with E-state index in [-0.39, 0.29) is 11.8 Å². The fraction of sp³-hybridized carbons (Fsp3) is 0.310. The molecule has 7 nitrogen and oxygen atoms in total. The number of fused-ring (bicyclic) bond motifs is 1. The fourth-order valence-corrected chi connectivity index (χ4v) is 4.72. The quantitative estimate of drug-likeness (QED) is 0.483. The van der Waals surface area contributed by atoms with E-state index in [0.29, 0.717) is 40.0 Å². The normalized spacial score (nSPS) is 17.0. The van der Waals surface area contributed by atoms with Crippen molar-refractivity contribution in [1.82, 2.24) is 4.90 Å². The largest absolute Gasteiger partial charge is 0.497 e. The van der Waals surface area contributed by atoms with Crippen LogP contribution in [0.2, 0.25) is 0 Å². The molecule has 0 fully saturated rings. The predicted octanol–water partition coefficient (Wildman–Crippen LogP) is 5.39. The maximum atomic E-state index is 13.9. The predicted molar refractivity (Wildman–Crippen MR) is 139 cm³/mol. The molecular formula is C29H32N2O5. The van der Waals surface area contributed by atoms with Gasteiger partial charge in [-0.15, -0.1) is 0 Å². The molecule has 0 aromatic heterocycles. The molecule has 3 aromatic carbocycles. The number of likely N-dealkylation sites (N-methyl/N-ethyl adjacent to an activating group) is 1. The molecule has 1 aliphatic rings. The zero-order valence-corrected chi connectivity index (χ0v) is 21.5. The molecule has 2 amide bonds. The van der Waals surface area contributed by atoms with Crippen molar-refractivity contribution >= 4 is 17.5 Å². The van der Waals surface area contributed by atoms with Gasteiger partial charge in [0.15, 0.2) is 11.5 Å². The smallest absolute Gasteiger partial charge is 0.254 e. The van der Waals surface area contributed by atoms with Crippen molar-refractivity contribution < 1.29 is 23.8 Å². The minimum Gasteiger partial charge on any atom is -0.497 e. The summed E-state index contributed by atoms with van der Waals surface area (Å²) in [4.78, 5) is 29.0. The molecule has 4 rings (SSSR count). The monoisotopic (exact) mass is 488 g/mol. The van der Waals surface area contributed by atoms with Crippen LogP contribution in [0.5, 0.6) is 17.2 Å². The van der Waals surface area contributed by atoms with E-state index >= 15 is 0 Å². The molecule has 0 radical (unpaired) electrons. The number of ether oxygens (including phenoxy) is 3. The van der Waals surface area contributed by atoms with E-state index in [4.69, 9.17) is 14.2 Å². The second-order valence-corrected chi connectivity index (χ2v) is 9.17. The van der Waals surface area contributed by atoms with Crippen LogP contribution in [-0.4, -0.2) is 45.1 Å². The Morgan fingerprint density at radius 1 is 0.889 bits per heavy atom. The van der Waals surface area contributed by atoms with Gasteiger partial charge in [0.2, 0.25) is 5.91 Å². The van der Waals surface area contributed by atoms with Gasteiger partial charge in [-0.25, -0.2) is 0 Å². The number of anilines is 1. The average molecular weight is 489 g/mol. The zero-order valence-electron chi connectivity index (χ0n) is 21.5. The van der Waals surface area contributed by atoms with Gasteiger partial charge in [0, 0.05) is 18.3 Å². The van der Waals surface area contributed by atoms with Gasteiger partial charge in [-0.2, -0.15) is 0 Å². The molecule has 0 saturated carbocycles. The molecule has 0 unspecified atom stereocenters. The topological polar surface area (TPSA) is 77.1 Å². The zero-order chi connectivity index (χ0) is 26.0. The third-order valence-corrected chi connectivity index (χ3v) is 6.76. The third kappa shape index (κ3) is 4.61. The Labute approximate surface area is 212 Å². The van der Waals surface area contributed by atoms with E-state index < -0.39 is 12.0 Å².